The van der Waals surface area contributed by atoms with Crippen LogP contribution in [-0.4, -0.2) is 45.9 Å². The molecule has 30 heavy (non-hydrogen) atoms. The van der Waals surface area contributed by atoms with Crippen LogP contribution in [0.3, 0.4) is 0 Å². The zero-order valence-electron chi connectivity index (χ0n) is 16.6. The molecule has 162 valence electrons. The van der Waals surface area contributed by atoms with Gasteiger partial charge in [-0.1, -0.05) is 0 Å². The smallest absolute Gasteiger partial charge is 0.337 e. The summed E-state index contributed by atoms with van der Waals surface area (Å²) in [6.07, 6.45) is 0.629. The number of fused-ring (bicyclic) bond motifs is 1. The molecule has 0 atom stereocenters. The van der Waals surface area contributed by atoms with Crippen LogP contribution in [0.15, 0.2) is 35.2 Å². The lowest BCUT2D eigenvalue weighted by Crippen LogP contribution is -2.16. The summed E-state index contributed by atoms with van der Waals surface area (Å²) in [6, 6.07) is 6.76. The fourth-order valence-electron chi connectivity index (χ4n) is 2.87. The lowest BCUT2D eigenvalue weighted by atomic mass is 10.1. The second kappa shape index (κ2) is 9.12. The molecule has 0 amide bonds. The zero-order valence-corrected chi connectivity index (χ0v) is 17.5. The molecule has 2 N–H and O–H groups in total. The van der Waals surface area contributed by atoms with Crippen molar-refractivity contribution in [2.24, 2.45) is 0 Å². The predicted molar refractivity (Wildman–Crippen MR) is 109 cm³/mol. The van der Waals surface area contributed by atoms with Crippen molar-refractivity contribution >= 4 is 21.7 Å². The SMILES string of the molecule is CCOc1ccc(S(=O)(=O)Nc2cc3c(cc2C(=O)O)OCCCO3)cc1OCC. The Morgan fingerprint density at radius 1 is 1.03 bits per heavy atom. The van der Waals surface area contributed by atoms with Crippen molar-refractivity contribution < 1.29 is 37.3 Å². The maximum absolute atomic E-state index is 13.0. The van der Waals surface area contributed by atoms with Crippen LogP contribution in [0.4, 0.5) is 5.69 Å². The maximum Gasteiger partial charge on any atom is 0.337 e. The van der Waals surface area contributed by atoms with Crippen molar-refractivity contribution in [3.8, 4) is 23.0 Å². The number of carboxylic acid groups (broad SMARTS) is 1. The summed E-state index contributed by atoms with van der Waals surface area (Å²) in [4.78, 5) is 11.6. The van der Waals surface area contributed by atoms with Gasteiger partial charge in [0.15, 0.2) is 23.0 Å². The summed E-state index contributed by atoms with van der Waals surface area (Å²) in [7, 11) is -4.12. The number of anilines is 1. The number of rotatable bonds is 8. The number of hydrogen-bond donors (Lipinski definition) is 2. The fourth-order valence-corrected chi connectivity index (χ4v) is 3.96. The second-order valence-corrected chi connectivity index (χ2v) is 7.96. The van der Waals surface area contributed by atoms with E-state index in [-0.39, 0.29) is 33.4 Å². The minimum Gasteiger partial charge on any atom is -0.490 e. The van der Waals surface area contributed by atoms with E-state index in [0.717, 1.165) is 0 Å². The molecule has 0 saturated heterocycles. The molecule has 0 aliphatic carbocycles. The largest absolute Gasteiger partial charge is 0.490 e. The van der Waals surface area contributed by atoms with Gasteiger partial charge in [-0.05, 0) is 26.0 Å². The van der Waals surface area contributed by atoms with Crippen LogP contribution in [0.2, 0.25) is 0 Å². The normalized spacial score (nSPS) is 13.3. The van der Waals surface area contributed by atoms with Crippen LogP contribution in [-0.2, 0) is 10.0 Å². The van der Waals surface area contributed by atoms with E-state index in [0.29, 0.717) is 38.6 Å². The molecule has 1 aliphatic rings. The van der Waals surface area contributed by atoms with Gasteiger partial charge in [0.2, 0.25) is 0 Å². The van der Waals surface area contributed by atoms with E-state index in [2.05, 4.69) is 4.72 Å². The molecule has 0 bridgehead atoms. The van der Waals surface area contributed by atoms with Gasteiger partial charge < -0.3 is 24.1 Å². The van der Waals surface area contributed by atoms with E-state index in [4.69, 9.17) is 18.9 Å². The minimum absolute atomic E-state index is 0.0992. The third-order valence-electron chi connectivity index (χ3n) is 4.19. The first-order valence-corrected chi connectivity index (χ1v) is 10.9. The predicted octanol–water partition coefficient (Wildman–Crippen LogP) is 3.14. The highest BCUT2D eigenvalue weighted by atomic mass is 32.2. The molecule has 0 aromatic heterocycles. The minimum atomic E-state index is -4.12. The van der Waals surface area contributed by atoms with Gasteiger partial charge in [-0.3, -0.25) is 4.72 Å². The topological polar surface area (TPSA) is 120 Å². The van der Waals surface area contributed by atoms with Crippen LogP contribution in [0.25, 0.3) is 0 Å². The number of aromatic carboxylic acids is 1. The monoisotopic (exact) mass is 437 g/mol. The van der Waals surface area contributed by atoms with Gasteiger partial charge in [0.05, 0.1) is 42.6 Å². The summed E-state index contributed by atoms with van der Waals surface area (Å²) >= 11 is 0. The van der Waals surface area contributed by atoms with Gasteiger partial charge >= 0.3 is 5.97 Å². The Morgan fingerprint density at radius 2 is 1.67 bits per heavy atom. The highest BCUT2D eigenvalue weighted by Crippen LogP contribution is 2.37. The summed E-state index contributed by atoms with van der Waals surface area (Å²) in [5.74, 6) is -0.0751. The highest BCUT2D eigenvalue weighted by Gasteiger charge is 2.24. The lowest BCUT2D eigenvalue weighted by molar-refractivity contribution is 0.0697. The van der Waals surface area contributed by atoms with E-state index >= 15 is 0 Å². The Balaban J connectivity index is 1.99. The summed E-state index contributed by atoms with van der Waals surface area (Å²) in [5, 5.41) is 9.55. The molecule has 2 aromatic carbocycles. The van der Waals surface area contributed by atoms with E-state index in [1.54, 1.807) is 13.8 Å². The van der Waals surface area contributed by atoms with Gasteiger partial charge in [-0.15, -0.1) is 0 Å². The Bertz CT molecular complexity index is 1040. The molecule has 9 nitrogen and oxygen atoms in total. The molecule has 1 heterocycles. The Hall–Kier alpha value is -3.14. The van der Waals surface area contributed by atoms with Crippen molar-refractivity contribution in [3.05, 3.63) is 35.9 Å². The van der Waals surface area contributed by atoms with Crippen molar-refractivity contribution in [2.45, 2.75) is 25.2 Å². The maximum atomic E-state index is 13.0. The van der Waals surface area contributed by atoms with Gasteiger partial charge in [0.1, 0.15) is 0 Å². The van der Waals surface area contributed by atoms with E-state index in [1.807, 2.05) is 0 Å². The first-order chi connectivity index (χ1) is 14.4. The van der Waals surface area contributed by atoms with Crippen LogP contribution < -0.4 is 23.7 Å². The number of hydrogen-bond acceptors (Lipinski definition) is 7. The third-order valence-corrected chi connectivity index (χ3v) is 5.55. The van der Waals surface area contributed by atoms with Crippen molar-refractivity contribution in [1.82, 2.24) is 0 Å². The first-order valence-electron chi connectivity index (χ1n) is 9.45. The number of benzene rings is 2. The Labute approximate surface area is 174 Å². The Morgan fingerprint density at radius 3 is 2.30 bits per heavy atom. The van der Waals surface area contributed by atoms with Crippen LogP contribution >= 0.6 is 0 Å². The molecule has 0 spiro atoms. The average Bonchev–Trinajstić information content (AvgIpc) is 2.93. The third kappa shape index (κ3) is 4.70. The van der Waals surface area contributed by atoms with Crippen LogP contribution in [0.1, 0.15) is 30.6 Å². The molecular weight excluding hydrogens is 414 g/mol. The molecule has 0 radical (unpaired) electrons. The molecule has 1 aliphatic heterocycles. The van der Waals surface area contributed by atoms with E-state index in [9.17, 15) is 18.3 Å². The molecular formula is C20H23NO8S. The quantitative estimate of drug-likeness (QED) is 0.646. The first kappa shape index (κ1) is 21.6. The van der Waals surface area contributed by atoms with Crippen molar-refractivity contribution in [1.29, 1.82) is 0 Å². The van der Waals surface area contributed by atoms with Crippen LogP contribution in [0, 0.1) is 0 Å². The van der Waals surface area contributed by atoms with Gasteiger partial charge in [0.25, 0.3) is 10.0 Å². The van der Waals surface area contributed by atoms with Crippen molar-refractivity contribution in [2.75, 3.05) is 31.1 Å². The Kier molecular flexibility index (Phi) is 6.56. The number of nitrogens with one attached hydrogen (secondary N) is 1. The second-order valence-electron chi connectivity index (χ2n) is 6.28. The fraction of sp³-hybridized carbons (Fsp3) is 0.350. The van der Waals surface area contributed by atoms with Gasteiger partial charge in [0, 0.05) is 24.6 Å². The molecule has 0 unspecified atom stereocenters. The number of carbonyl (C=O) groups is 1. The zero-order chi connectivity index (χ0) is 21.7. The summed E-state index contributed by atoms with van der Waals surface area (Å²) in [5.41, 5.74) is -0.377. The van der Waals surface area contributed by atoms with Gasteiger partial charge in [-0.2, -0.15) is 0 Å². The molecule has 10 heteroatoms. The number of carboxylic acids is 1. The van der Waals surface area contributed by atoms with Gasteiger partial charge in [-0.25, -0.2) is 13.2 Å². The lowest BCUT2D eigenvalue weighted by Gasteiger charge is -2.16. The molecule has 2 aromatic rings. The van der Waals surface area contributed by atoms with E-state index < -0.39 is 16.0 Å². The van der Waals surface area contributed by atoms with E-state index in [1.165, 1.54) is 30.3 Å². The number of ether oxygens (including phenoxy) is 4. The molecule has 0 saturated carbocycles. The average molecular weight is 437 g/mol. The highest BCUT2D eigenvalue weighted by molar-refractivity contribution is 7.92. The number of sulfonamides is 1. The molecule has 3 rings (SSSR count). The summed E-state index contributed by atoms with van der Waals surface area (Å²) in [6.45, 7) is 5.04. The van der Waals surface area contributed by atoms with Crippen LogP contribution in [0.5, 0.6) is 23.0 Å². The van der Waals surface area contributed by atoms with Crippen molar-refractivity contribution in [3.63, 3.8) is 0 Å². The summed E-state index contributed by atoms with van der Waals surface area (Å²) < 4.78 is 50.2. The molecule has 0 fully saturated rings. The standard InChI is InChI=1S/C20H23NO8S/c1-3-26-16-7-6-13(10-17(16)27-4-2)30(24,25)21-15-12-19-18(11-14(15)20(22)23)28-8-5-9-29-19/h6-7,10-12,21H,3-5,8-9H2,1-2H3,(H,22,23).